The predicted molar refractivity (Wildman–Crippen MR) is 101 cm³/mol. The number of esters is 1. The average Bonchev–Trinajstić information content (AvgIpc) is 3.06. The molecular weight excluding hydrogens is 333 g/mol. The number of methoxy groups -OCH3 is 1. The molecule has 1 unspecified atom stereocenters. The molecule has 5 heteroatoms. The van der Waals surface area contributed by atoms with Crippen LogP contribution < -0.4 is 4.74 Å². The maximum atomic E-state index is 13.6. The van der Waals surface area contributed by atoms with Crippen LogP contribution in [0.3, 0.4) is 0 Å². The van der Waals surface area contributed by atoms with Gasteiger partial charge in [0.1, 0.15) is 11.6 Å². The van der Waals surface area contributed by atoms with E-state index in [0.717, 1.165) is 36.5 Å². The Kier molecular flexibility index (Phi) is 6.68. The standard InChI is InChI=1S/C21H30FNO3/c1-15(6-9-20(24)25-5)23-11-10-16(13-23)14-26-19-8-7-17(22)12-18(19)21(2,3)4/h7-8,12,16H,1,6,9-11,13-14H2,2-5H3. The zero-order valence-electron chi connectivity index (χ0n) is 16.3. The molecule has 0 spiro atoms. The number of nitrogens with zero attached hydrogens (tertiary/aromatic N) is 1. The Morgan fingerprint density at radius 2 is 2.08 bits per heavy atom. The van der Waals surface area contributed by atoms with Crippen LogP contribution in [-0.2, 0) is 14.9 Å². The number of ether oxygens (including phenoxy) is 2. The number of carbonyl (C=O) groups is 1. The van der Waals surface area contributed by atoms with E-state index >= 15 is 0 Å². The molecule has 0 aromatic heterocycles. The fourth-order valence-electron chi connectivity index (χ4n) is 3.18. The lowest BCUT2D eigenvalue weighted by Crippen LogP contribution is -2.22. The highest BCUT2D eigenvalue weighted by molar-refractivity contribution is 5.69. The Bertz CT molecular complexity index is 651. The van der Waals surface area contributed by atoms with E-state index in [1.165, 1.54) is 13.2 Å². The lowest BCUT2D eigenvalue weighted by atomic mass is 9.86. The first-order valence-corrected chi connectivity index (χ1v) is 9.13. The molecule has 1 aliphatic heterocycles. The summed E-state index contributed by atoms with van der Waals surface area (Å²) in [5.74, 6) is 0.692. The van der Waals surface area contributed by atoms with Crippen LogP contribution in [0, 0.1) is 11.7 Å². The van der Waals surface area contributed by atoms with Gasteiger partial charge < -0.3 is 14.4 Å². The summed E-state index contributed by atoms with van der Waals surface area (Å²) < 4.78 is 24.3. The maximum Gasteiger partial charge on any atom is 0.305 e. The SMILES string of the molecule is C=C(CCC(=O)OC)N1CCC(COc2ccc(F)cc2C(C)(C)C)C1. The van der Waals surface area contributed by atoms with E-state index in [0.29, 0.717) is 25.4 Å². The number of benzene rings is 1. The average molecular weight is 363 g/mol. The van der Waals surface area contributed by atoms with Crippen molar-refractivity contribution in [3.8, 4) is 5.75 Å². The highest BCUT2D eigenvalue weighted by Crippen LogP contribution is 2.33. The van der Waals surface area contributed by atoms with Crippen molar-refractivity contribution in [1.82, 2.24) is 4.90 Å². The Hall–Kier alpha value is -2.04. The second kappa shape index (κ2) is 8.56. The van der Waals surface area contributed by atoms with E-state index in [4.69, 9.17) is 4.74 Å². The molecule has 1 saturated heterocycles. The van der Waals surface area contributed by atoms with E-state index in [1.54, 1.807) is 12.1 Å². The minimum absolute atomic E-state index is 0.179. The van der Waals surface area contributed by atoms with Crippen molar-refractivity contribution in [2.45, 2.75) is 45.4 Å². The lowest BCUT2D eigenvalue weighted by Gasteiger charge is -2.24. The molecule has 0 amide bonds. The van der Waals surface area contributed by atoms with E-state index in [9.17, 15) is 9.18 Å². The highest BCUT2D eigenvalue weighted by atomic mass is 19.1. The van der Waals surface area contributed by atoms with Gasteiger partial charge in [0.25, 0.3) is 0 Å². The van der Waals surface area contributed by atoms with Gasteiger partial charge in [0.15, 0.2) is 0 Å². The topological polar surface area (TPSA) is 38.8 Å². The number of allylic oxidation sites excluding steroid dienone is 1. The summed E-state index contributed by atoms with van der Waals surface area (Å²) in [6, 6.07) is 4.73. The van der Waals surface area contributed by atoms with Gasteiger partial charge in [-0.3, -0.25) is 4.79 Å². The van der Waals surface area contributed by atoms with Crippen molar-refractivity contribution in [1.29, 1.82) is 0 Å². The molecule has 1 aliphatic rings. The van der Waals surface area contributed by atoms with Crippen molar-refractivity contribution in [2.75, 3.05) is 26.8 Å². The third kappa shape index (κ3) is 5.48. The number of hydrogen-bond donors (Lipinski definition) is 0. The Morgan fingerprint density at radius 1 is 1.35 bits per heavy atom. The van der Waals surface area contributed by atoms with Crippen LogP contribution in [0.1, 0.15) is 45.6 Å². The molecule has 1 fully saturated rings. The largest absolute Gasteiger partial charge is 0.493 e. The van der Waals surface area contributed by atoms with Crippen LogP contribution in [0.2, 0.25) is 0 Å². The predicted octanol–water partition coefficient (Wildman–Crippen LogP) is 4.29. The van der Waals surface area contributed by atoms with Gasteiger partial charge in [-0.25, -0.2) is 4.39 Å². The fourth-order valence-corrected chi connectivity index (χ4v) is 3.18. The highest BCUT2D eigenvalue weighted by Gasteiger charge is 2.25. The van der Waals surface area contributed by atoms with Gasteiger partial charge in [-0.2, -0.15) is 0 Å². The number of rotatable bonds is 7. The summed E-state index contributed by atoms with van der Waals surface area (Å²) in [6.07, 6.45) is 1.99. The molecular formula is C21H30FNO3. The molecule has 0 aliphatic carbocycles. The third-order valence-corrected chi connectivity index (χ3v) is 4.80. The van der Waals surface area contributed by atoms with Gasteiger partial charge in [0, 0.05) is 30.3 Å². The number of halogens is 1. The molecule has 1 aromatic carbocycles. The normalized spacial score (nSPS) is 17.3. The summed E-state index contributed by atoms with van der Waals surface area (Å²) in [7, 11) is 1.40. The third-order valence-electron chi connectivity index (χ3n) is 4.80. The molecule has 4 nitrogen and oxygen atoms in total. The van der Waals surface area contributed by atoms with Gasteiger partial charge in [0.2, 0.25) is 0 Å². The molecule has 0 bridgehead atoms. The van der Waals surface area contributed by atoms with Crippen molar-refractivity contribution in [2.24, 2.45) is 5.92 Å². The minimum atomic E-state index is -0.240. The first kappa shape index (κ1) is 20.3. The van der Waals surface area contributed by atoms with E-state index in [2.05, 4.69) is 37.0 Å². The summed E-state index contributed by atoms with van der Waals surface area (Å²) in [5.41, 5.74) is 1.67. The van der Waals surface area contributed by atoms with Crippen molar-refractivity contribution >= 4 is 5.97 Å². The Labute approximate surface area is 156 Å². The van der Waals surface area contributed by atoms with Crippen LogP contribution in [0.5, 0.6) is 5.75 Å². The van der Waals surface area contributed by atoms with Crippen LogP contribution in [0.4, 0.5) is 4.39 Å². The monoisotopic (exact) mass is 363 g/mol. The van der Waals surface area contributed by atoms with Crippen LogP contribution in [-0.4, -0.2) is 37.7 Å². The second-order valence-electron chi connectivity index (χ2n) is 7.94. The Balaban J connectivity index is 1.88. The fraction of sp³-hybridized carbons (Fsp3) is 0.571. The van der Waals surface area contributed by atoms with Gasteiger partial charge in [-0.15, -0.1) is 0 Å². The second-order valence-corrected chi connectivity index (χ2v) is 7.94. The van der Waals surface area contributed by atoms with Gasteiger partial charge >= 0.3 is 5.97 Å². The molecule has 0 radical (unpaired) electrons. The van der Waals surface area contributed by atoms with Gasteiger partial charge in [0.05, 0.1) is 20.1 Å². The van der Waals surface area contributed by atoms with Crippen molar-refractivity contribution < 1.29 is 18.7 Å². The number of hydrogen-bond acceptors (Lipinski definition) is 4. The molecule has 0 saturated carbocycles. The molecule has 1 aromatic rings. The van der Waals surface area contributed by atoms with Crippen LogP contribution >= 0.6 is 0 Å². The van der Waals surface area contributed by atoms with E-state index < -0.39 is 0 Å². The van der Waals surface area contributed by atoms with E-state index in [-0.39, 0.29) is 17.2 Å². The zero-order valence-corrected chi connectivity index (χ0v) is 16.3. The molecule has 1 atom stereocenters. The molecule has 0 N–H and O–H groups in total. The van der Waals surface area contributed by atoms with Crippen molar-refractivity contribution in [3.05, 3.63) is 41.9 Å². The summed E-state index contributed by atoms with van der Waals surface area (Å²) in [5, 5.41) is 0. The zero-order chi connectivity index (χ0) is 19.3. The summed E-state index contributed by atoms with van der Waals surface area (Å²) in [6.45, 7) is 12.6. The first-order chi connectivity index (χ1) is 12.2. The van der Waals surface area contributed by atoms with Gasteiger partial charge in [-0.05, 0) is 36.5 Å². The molecule has 2 rings (SSSR count). The number of likely N-dealkylation sites (tertiary alicyclic amines) is 1. The smallest absolute Gasteiger partial charge is 0.305 e. The molecule has 26 heavy (non-hydrogen) atoms. The number of carbonyl (C=O) groups excluding carboxylic acids is 1. The van der Waals surface area contributed by atoms with Crippen molar-refractivity contribution in [3.63, 3.8) is 0 Å². The van der Waals surface area contributed by atoms with E-state index in [1.807, 2.05) is 0 Å². The van der Waals surface area contributed by atoms with Crippen LogP contribution in [0.15, 0.2) is 30.5 Å². The summed E-state index contributed by atoms with van der Waals surface area (Å²) in [4.78, 5) is 13.5. The summed E-state index contributed by atoms with van der Waals surface area (Å²) >= 11 is 0. The Morgan fingerprint density at radius 3 is 2.73 bits per heavy atom. The lowest BCUT2D eigenvalue weighted by molar-refractivity contribution is -0.140. The van der Waals surface area contributed by atoms with Crippen LogP contribution in [0.25, 0.3) is 0 Å². The first-order valence-electron chi connectivity index (χ1n) is 9.13. The molecule has 1 heterocycles. The van der Waals surface area contributed by atoms with Gasteiger partial charge in [-0.1, -0.05) is 27.4 Å². The maximum absolute atomic E-state index is 13.6. The molecule has 144 valence electrons. The quantitative estimate of drug-likeness (QED) is 0.678. The minimum Gasteiger partial charge on any atom is -0.493 e.